The van der Waals surface area contributed by atoms with Crippen LogP contribution in [-0.4, -0.2) is 62.3 Å². The lowest BCUT2D eigenvalue weighted by Gasteiger charge is -2.19. The molecule has 14 heteroatoms. The smallest absolute Gasteiger partial charge is 0.407 e. The van der Waals surface area contributed by atoms with Crippen LogP contribution in [0, 0.1) is 10.1 Å². The third-order valence-corrected chi connectivity index (χ3v) is 6.91. The van der Waals surface area contributed by atoms with E-state index in [1.165, 1.54) is 12.1 Å². The van der Waals surface area contributed by atoms with E-state index in [1.807, 2.05) is 39.0 Å². The maximum absolute atomic E-state index is 11.6. The van der Waals surface area contributed by atoms with Crippen molar-refractivity contribution in [3.05, 3.63) is 68.8 Å². The van der Waals surface area contributed by atoms with Crippen molar-refractivity contribution in [2.75, 3.05) is 31.3 Å². The number of hydrogen-bond acceptors (Lipinski definition) is 9. The number of nitro benzene ring substituents is 1. The minimum absolute atomic E-state index is 0.0331. The van der Waals surface area contributed by atoms with Crippen LogP contribution in [0.3, 0.4) is 0 Å². The predicted octanol–water partition coefficient (Wildman–Crippen LogP) is 4.76. The van der Waals surface area contributed by atoms with Gasteiger partial charge in [-0.1, -0.05) is 12.1 Å². The molecule has 12 nitrogen and oxygen atoms in total. The van der Waals surface area contributed by atoms with Gasteiger partial charge in [-0.2, -0.15) is 0 Å². The molecule has 0 aliphatic heterocycles. The van der Waals surface area contributed by atoms with E-state index in [4.69, 9.17) is 15.2 Å². The molecule has 44 heavy (non-hydrogen) atoms. The number of nitrogens with one attached hydrogen (secondary N) is 2. The number of nitrogens with two attached hydrogens (primary N) is 1. The minimum atomic E-state index is -1.11. The Balaban J connectivity index is 0.000000442. The number of amides is 2. The predicted molar refractivity (Wildman–Crippen MR) is 175 cm³/mol. The molecule has 0 fully saturated rings. The number of nitrogen functional groups attached to an aromatic ring is 1. The second-order valence-corrected chi connectivity index (χ2v) is 14.9. The van der Waals surface area contributed by atoms with Crippen LogP contribution in [0.4, 0.5) is 21.0 Å². The van der Waals surface area contributed by atoms with Crippen molar-refractivity contribution in [1.29, 1.82) is 0 Å². The molecule has 4 N–H and O–H groups in total. The maximum Gasteiger partial charge on any atom is 0.407 e. The Hall–Kier alpha value is -3.52. The molecule has 0 radical (unpaired) electrons. The number of carbonyl (C=O) groups is 2. The summed E-state index contributed by atoms with van der Waals surface area (Å²) in [7, 11) is -2.04. The van der Waals surface area contributed by atoms with Gasteiger partial charge in [0.25, 0.3) is 5.69 Å². The normalized spacial score (nSPS) is 12.6. The number of non-ortho nitro benzene ring substituents is 1. The molecular weight excluding hydrogens is 608 g/mol. The summed E-state index contributed by atoms with van der Waals surface area (Å²) in [6, 6.07) is 10.0. The van der Waals surface area contributed by atoms with E-state index < -0.39 is 49.9 Å². The number of rotatable bonds is 11. The minimum Gasteiger partial charge on any atom is -0.444 e. The highest BCUT2D eigenvalue weighted by Gasteiger charge is 2.17. The van der Waals surface area contributed by atoms with Crippen molar-refractivity contribution >= 4 is 45.2 Å². The van der Waals surface area contributed by atoms with E-state index in [-0.39, 0.29) is 11.4 Å². The van der Waals surface area contributed by atoms with E-state index in [0.717, 1.165) is 16.7 Å². The second kappa shape index (κ2) is 17.7. The molecule has 246 valence electrons. The molecule has 2 aromatic carbocycles. The van der Waals surface area contributed by atoms with Gasteiger partial charge < -0.3 is 25.8 Å². The summed E-state index contributed by atoms with van der Waals surface area (Å²) in [6.07, 6.45) is 3.38. The van der Waals surface area contributed by atoms with Crippen molar-refractivity contribution in [3.8, 4) is 0 Å². The van der Waals surface area contributed by atoms with E-state index >= 15 is 0 Å². The summed E-state index contributed by atoms with van der Waals surface area (Å²) in [5, 5.41) is 16.2. The molecule has 0 saturated carbocycles. The zero-order chi connectivity index (χ0) is 33.7. The van der Waals surface area contributed by atoms with E-state index in [1.54, 1.807) is 39.3 Å². The van der Waals surface area contributed by atoms with Crippen LogP contribution in [-0.2, 0) is 55.4 Å². The number of ether oxygens (including phenoxy) is 2. The molecule has 2 atom stereocenters. The first-order chi connectivity index (χ1) is 20.3. The third kappa shape index (κ3) is 16.9. The lowest BCUT2D eigenvalue weighted by molar-refractivity contribution is -0.384. The highest BCUT2D eigenvalue weighted by Crippen LogP contribution is 2.20. The molecule has 0 aliphatic rings. The molecular formula is C30H46N4O8S2. The Kier molecular flexibility index (Phi) is 15.5. The fraction of sp³-hybridized carbons (Fsp3) is 0.533. The topological polar surface area (TPSA) is 180 Å². The van der Waals surface area contributed by atoms with Gasteiger partial charge in [-0.3, -0.25) is 18.5 Å². The molecule has 0 heterocycles. The molecule has 0 spiro atoms. The standard InChI is InChI=1S/C15H22N2O5S.C15H24N2O3S/c1-15(2,3)22-14(18)16-8-7-11-5-6-13(17(19)20)9-12(11)10-23(4)21;1-15(2,3)20-14(18)17-8-7-11-5-6-13(16)9-12(11)10-21(4)19/h5-6,9H,7-8,10H2,1-4H3,(H,16,18);5-6,9H,7-8,10,16H2,1-4H3,(H,17,18). The molecule has 2 unspecified atom stereocenters. The zero-order valence-electron chi connectivity index (χ0n) is 26.8. The summed E-state index contributed by atoms with van der Waals surface area (Å²) >= 11 is 0. The number of nitrogens with zero attached hydrogens (tertiary/aromatic N) is 1. The van der Waals surface area contributed by atoms with Crippen molar-refractivity contribution in [1.82, 2.24) is 10.6 Å². The fourth-order valence-electron chi connectivity index (χ4n) is 3.79. The van der Waals surface area contributed by atoms with Crippen molar-refractivity contribution in [2.24, 2.45) is 0 Å². The zero-order valence-corrected chi connectivity index (χ0v) is 28.4. The van der Waals surface area contributed by atoms with E-state index in [0.29, 0.717) is 42.9 Å². The van der Waals surface area contributed by atoms with Crippen LogP contribution in [0.5, 0.6) is 0 Å². The summed E-state index contributed by atoms with van der Waals surface area (Å²) in [4.78, 5) is 33.5. The first-order valence-corrected chi connectivity index (χ1v) is 17.4. The number of benzene rings is 2. The van der Waals surface area contributed by atoms with Crippen LogP contribution < -0.4 is 16.4 Å². The van der Waals surface area contributed by atoms with Crippen molar-refractivity contribution < 1.29 is 32.4 Å². The van der Waals surface area contributed by atoms with Crippen LogP contribution >= 0.6 is 0 Å². The SMILES string of the molecule is CS(=O)Cc1cc(N)ccc1CCNC(=O)OC(C)(C)C.CS(=O)Cc1cc([N+](=O)[O-])ccc1CCNC(=O)OC(C)(C)C. The maximum atomic E-state index is 11.6. The van der Waals surface area contributed by atoms with Gasteiger partial charge in [-0.25, -0.2) is 9.59 Å². The number of hydrogen-bond donors (Lipinski definition) is 3. The van der Waals surface area contributed by atoms with Gasteiger partial charge in [0.15, 0.2) is 0 Å². The van der Waals surface area contributed by atoms with E-state index in [9.17, 15) is 28.1 Å². The molecule has 2 rings (SSSR count). The molecule has 2 aromatic rings. The van der Waals surface area contributed by atoms with Crippen molar-refractivity contribution in [3.63, 3.8) is 0 Å². The highest BCUT2D eigenvalue weighted by atomic mass is 32.2. The van der Waals surface area contributed by atoms with Crippen LogP contribution in [0.1, 0.15) is 63.8 Å². The Morgan fingerprint density at radius 1 is 0.773 bits per heavy atom. The first-order valence-electron chi connectivity index (χ1n) is 13.9. The monoisotopic (exact) mass is 654 g/mol. The quantitative estimate of drug-likeness (QED) is 0.175. The Labute approximate surface area is 264 Å². The summed E-state index contributed by atoms with van der Waals surface area (Å²) in [6.45, 7) is 11.6. The van der Waals surface area contributed by atoms with Gasteiger partial charge in [0, 0.05) is 76.5 Å². The lowest BCUT2D eigenvalue weighted by Crippen LogP contribution is -2.33. The lowest BCUT2D eigenvalue weighted by atomic mass is 10.0. The first kappa shape index (κ1) is 38.5. The third-order valence-electron chi connectivity index (χ3n) is 5.47. The summed E-state index contributed by atoms with van der Waals surface area (Å²) in [5.74, 6) is 0.705. The Morgan fingerprint density at radius 3 is 1.57 bits per heavy atom. The van der Waals surface area contributed by atoms with Crippen LogP contribution in [0.25, 0.3) is 0 Å². The van der Waals surface area contributed by atoms with Gasteiger partial charge in [-0.05, 0) is 88.8 Å². The summed E-state index contributed by atoms with van der Waals surface area (Å²) in [5.41, 5.74) is 8.78. The fourth-order valence-corrected chi connectivity index (χ4v) is 5.21. The second-order valence-electron chi connectivity index (χ2n) is 12.0. The van der Waals surface area contributed by atoms with Gasteiger partial charge in [0.2, 0.25) is 0 Å². The largest absolute Gasteiger partial charge is 0.444 e. The molecule has 0 saturated heterocycles. The highest BCUT2D eigenvalue weighted by molar-refractivity contribution is 7.83. The molecule has 0 aromatic heterocycles. The average molecular weight is 655 g/mol. The average Bonchev–Trinajstić information content (AvgIpc) is 2.83. The van der Waals surface area contributed by atoms with E-state index in [2.05, 4.69) is 10.6 Å². The van der Waals surface area contributed by atoms with Gasteiger partial charge in [0.1, 0.15) is 11.2 Å². The number of alkyl carbamates (subject to hydrolysis) is 2. The van der Waals surface area contributed by atoms with Crippen molar-refractivity contribution in [2.45, 2.75) is 77.1 Å². The number of anilines is 1. The number of nitro groups is 1. The van der Waals surface area contributed by atoms with Crippen LogP contribution in [0.15, 0.2) is 36.4 Å². The number of carbonyl (C=O) groups excluding carboxylic acids is 2. The molecule has 0 aliphatic carbocycles. The van der Waals surface area contributed by atoms with Gasteiger partial charge in [0.05, 0.1) is 4.92 Å². The molecule has 2 amide bonds. The van der Waals surface area contributed by atoms with Gasteiger partial charge >= 0.3 is 12.2 Å². The summed E-state index contributed by atoms with van der Waals surface area (Å²) < 4.78 is 33.1. The van der Waals surface area contributed by atoms with Gasteiger partial charge in [-0.15, -0.1) is 0 Å². The Bertz CT molecular complexity index is 1340. The Morgan fingerprint density at radius 2 is 1.18 bits per heavy atom. The molecule has 0 bridgehead atoms. The van der Waals surface area contributed by atoms with Crippen LogP contribution in [0.2, 0.25) is 0 Å².